The van der Waals surface area contributed by atoms with Gasteiger partial charge in [0.05, 0.1) is 26.2 Å². The monoisotopic (exact) mass is 245 g/mol. The lowest BCUT2D eigenvalue weighted by Crippen LogP contribution is -2.29. The Hall–Kier alpha value is -1.59. The molecule has 0 rings (SSSR count). The molecule has 0 bridgehead atoms. The van der Waals surface area contributed by atoms with Crippen LogP contribution in [0.25, 0.3) is 0 Å². The lowest BCUT2D eigenvalue weighted by molar-refractivity contribution is -0.155. The van der Waals surface area contributed by atoms with Crippen LogP contribution < -0.4 is 0 Å². The van der Waals surface area contributed by atoms with Gasteiger partial charge in [-0.25, -0.2) is 0 Å². The van der Waals surface area contributed by atoms with Gasteiger partial charge in [0.1, 0.15) is 0 Å². The van der Waals surface area contributed by atoms with E-state index in [0.29, 0.717) is 0 Å². The standard InChI is InChI=1S/C11H17O6/c1-4-15-9(12)7-8(10(13)16-5-2)11(14)17-6-3/h4-7H2,1-3H3. The number of ether oxygens (including phenoxy) is 3. The van der Waals surface area contributed by atoms with Gasteiger partial charge in [-0.15, -0.1) is 0 Å². The van der Waals surface area contributed by atoms with Crippen LogP contribution in [-0.4, -0.2) is 37.7 Å². The molecule has 0 spiro atoms. The van der Waals surface area contributed by atoms with Crippen LogP contribution in [0.2, 0.25) is 0 Å². The number of rotatable bonds is 7. The van der Waals surface area contributed by atoms with Gasteiger partial charge in [0.2, 0.25) is 5.92 Å². The minimum Gasteiger partial charge on any atom is -0.466 e. The number of carbonyl (C=O) groups excluding carboxylic acids is 3. The fraction of sp³-hybridized carbons (Fsp3) is 0.636. The van der Waals surface area contributed by atoms with Gasteiger partial charge in [-0.05, 0) is 20.8 Å². The molecule has 0 aliphatic rings. The average molecular weight is 245 g/mol. The van der Waals surface area contributed by atoms with Crippen molar-refractivity contribution in [3.63, 3.8) is 0 Å². The summed E-state index contributed by atoms with van der Waals surface area (Å²) in [6.45, 7) is 5.25. The molecule has 0 N–H and O–H groups in total. The van der Waals surface area contributed by atoms with Crippen LogP contribution in [0.1, 0.15) is 27.2 Å². The molecule has 0 amide bonds. The maximum atomic E-state index is 11.4. The third-order valence-electron chi connectivity index (χ3n) is 1.67. The van der Waals surface area contributed by atoms with Crippen molar-refractivity contribution in [3.8, 4) is 0 Å². The van der Waals surface area contributed by atoms with Gasteiger partial charge in [-0.3, -0.25) is 14.4 Å². The van der Waals surface area contributed by atoms with E-state index in [2.05, 4.69) is 14.2 Å². The summed E-state index contributed by atoms with van der Waals surface area (Å²) in [5.41, 5.74) is 0. The molecule has 0 fully saturated rings. The Bertz CT molecular complexity index is 255. The number of hydrogen-bond donors (Lipinski definition) is 0. The van der Waals surface area contributed by atoms with Gasteiger partial charge < -0.3 is 14.2 Å². The molecule has 97 valence electrons. The lowest BCUT2D eigenvalue weighted by Gasteiger charge is -2.12. The average Bonchev–Trinajstić information content (AvgIpc) is 2.26. The Balaban J connectivity index is 4.55. The first-order valence-corrected chi connectivity index (χ1v) is 5.42. The Morgan fingerprint density at radius 1 is 0.765 bits per heavy atom. The summed E-state index contributed by atoms with van der Waals surface area (Å²) in [5, 5.41) is 0. The Labute approximate surface area is 100 Å². The zero-order valence-electron chi connectivity index (χ0n) is 10.3. The molecular weight excluding hydrogens is 228 g/mol. The van der Waals surface area contributed by atoms with Crippen LogP contribution in [0.5, 0.6) is 0 Å². The molecule has 0 atom stereocenters. The summed E-state index contributed by atoms with van der Waals surface area (Å²) in [4.78, 5) is 34.1. The molecule has 0 saturated heterocycles. The van der Waals surface area contributed by atoms with Crippen molar-refractivity contribution in [3.05, 3.63) is 5.92 Å². The second kappa shape index (κ2) is 8.55. The minimum absolute atomic E-state index is 0.116. The number of hydrogen-bond acceptors (Lipinski definition) is 6. The molecule has 17 heavy (non-hydrogen) atoms. The van der Waals surface area contributed by atoms with Gasteiger partial charge in [-0.1, -0.05) is 0 Å². The van der Waals surface area contributed by atoms with Gasteiger partial charge in [0.15, 0.2) is 0 Å². The van der Waals surface area contributed by atoms with E-state index in [1.807, 2.05) is 0 Å². The maximum absolute atomic E-state index is 11.4. The Morgan fingerprint density at radius 2 is 1.18 bits per heavy atom. The second-order valence-corrected chi connectivity index (χ2v) is 2.90. The van der Waals surface area contributed by atoms with Crippen LogP contribution >= 0.6 is 0 Å². The molecule has 6 nitrogen and oxygen atoms in total. The first-order chi connectivity index (χ1) is 8.06. The van der Waals surface area contributed by atoms with E-state index in [0.717, 1.165) is 0 Å². The summed E-state index contributed by atoms with van der Waals surface area (Å²) in [5.74, 6) is -2.70. The third kappa shape index (κ3) is 5.89. The smallest absolute Gasteiger partial charge is 0.325 e. The second-order valence-electron chi connectivity index (χ2n) is 2.90. The number of esters is 3. The van der Waals surface area contributed by atoms with Crippen molar-refractivity contribution in [1.82, 2.24) is 0 Å². The molecule has 0 aromatic heterocycles. The molecule has 1 radical (unpaired) electrons. The Kier molecular flexibility index (Phi) is 7.75. The van der Waals surface area contributed by atoms with Gasteiger partial charge >= 0.3 is 17.9 Å². The summed E-state index contributed by atoms with van der Waals surface area (Å²) in [6.07, 6.45) is -0.439. The van der Waals surface area contributed by atoms with Crippen LogP contribution in [0, 0.1) is 5.92 Å². The molecule has 0 saturated carbocycles. The molecule has 0 aliphatic carbocycles. The van der Waals surface area contributed by atoms with Crippen LogP contribution in [0.15, 0.2) is 0 Å². The summed E-state index contributed by atoms with van der Waals surface area (Å²) < 4.78 is 14.0. The van der Waals surface area contributed by atoms with E-state index in [1.54, 1.807) is 20.8 Å². The summed E-state index contributed by atoms with van der Waals surface area (Å²) in [6, 6.07) is 0. The highest BCUT2D eigenvalue weighted by molar-refractivity contribution is 6.12. The predicted octanol–water partition coefficient (Wildman–Crippen LogP) is 0.640. The molecule has 6 heteroatoms. The van der Waals surface area contributed by atoms with Crippen molar-refractivity contribution < 1.29 is 28.6 Å². The molecule has 0 unspecified atom stereocenters. The van der Waals surface area contributed by atoms with E-state index in [1.165, 1.54) is 0 Å². The third-order valence-corrected chi connectivity index (χ3v) is 1.67. The molecule has 0 aromatic rings. The van der Waals surface area contributed by atoms with Crippen molar-refractivity contribution in [2.75, 3.05) is 19.8 Å². The van der Waals surface area contributed by atoms with Crippen molar-refractivity contribution >= 4 is 17.9 Å². The van der Waals surface area contributed by atoms with Gasteiger partial charge in [-0.2, -0.15) is 0 Å². The van der Waals surface area contributed by atoms with E-state index in [9.17, 15) is 14.4 Å². The van der Waals surface area contributed by atoms with E-state index >= 15 is 0 Å². The first-order valence-electron chi connectivity index (χ1n) is 5.42. The fourth-order valence-electron chi connectivity index (χ4n) is 1.02. The summed E-state index contributed by atoms with van der Waals surface area (Å²) >= 11 is 0. The quantitative estimate of drug-likeness (QED) is 0.372. The minimum atomic E-state index is -0.848. The highest BCUT2D eigenvalue weighted by atomic mass is 16.6. The zero-order valence-corrected chi connectivity index (χ0v) is 10.3. The van der Waals surface area contributed by atoms with E-state index < -0.39 is 24.3 Å². The molecule has 0 heterocycles. The lowest BCUT2D eigenvalue weighted by atomic mass is 10.1. The molecule has 0 aromatic carbocycles. The topological polar surface area (TPSA) is 78.9 Å². The van der Waals surface area contributed by atoms with Crippen molar-refractivity contribution in [2.45, 2.75) is 27.2 Å². The van der Waals surface area contributed by atoms with Gasteiger partial charge in [0.25, 0.3) is 0 Å². The number of carbonyl (C=O) groups is 3. The highest BCUT2D eigenvalue weighted by Gasteiger charge is 2.33. The zero-order chi connectivity index (χ0) is 13.3. The normalized spacial score (nSPS) is 9.88. The van der Waals surface area contributed by atoms with Crippen molar-refractivity contribution in [1.29, 1.82) is 0 Å². The largest absolute Gasteiger partial charge is 0.466 e. The highest BCUT2D eigenvalue weighted by Crippen LogP contribution is 2.12. The fourth-order valence-corrected chi connectivity index (χ4v) is 1.02. The van der Waals surface area contributed by atoms with E-state index in [4.69, 9.17) is 0 Å². The van der Waals surface area contributed by atoms with Crippen LogP contribution in [-0.2, 0) is 28.6 Å². The molecule has 0 aliphatic heterocycles. The molecular formula is C11H17O6. The van der Waals surface area contributed by atoms with Crippen LogP contribution in [0.3, 0.4) is 0 Å². The van der Waals surface area contributed by atoms with E-state index in [-0.39, 0.29) is 25.7 Å². The Morgan fingerprint density at radius 3 is 1.53 bits per heavy atom. The first kappa shape index (κ1) is 15.4. The SMILES string of the molecule is CCOC(=O)C[C](C(=O)OCC)C(=O)OCC. The van der Waals surface area contributed by atoms with Crippen LogP contribution in [0.4, 0.5) is 0 Å². The van der Waals surface area contributed by atoms with Crippen molar-refractivity contribution in [2.24, 2.45) is 0 Å². The van der Waals surface area contributed by atoms with Gasteiger partial charge in [0, 0.05) is 0 Å². The maximum Gasteiger partial charge on any atom is 0.325 e. The predicted molar refractivity (Wildman–Crippen MR) is 57.8 cm³/mol. The summed E-state index contributed by atoms with van der Waals surface area (Å²) in [7, 11) is 0.